The number of ether oxygens (including phenoxy) is 1. The van der Waals surface area contributed by atoms with E-state index in [0.29, 0.717) is 6.54 Å². The fraction of sp³-hybridized carbons (Fsp3) is 0.889. The van der Waals surface area contributed by atoms with E-state index in [1.807, 2.05) is 13.8 Å². The quantitative estimate of drug-likeness (QED) is 0.459. The highest BCUT2D eigenvalue weighted by molar-refractivity contribution is 5.72. The average molecular weight is 188 g/mol. The van der Waals surface area contributed by atoms with Crippen molar-refractivity contribution in [3.8, 4) is 0 Å². The van der Waals surface area contributed by atoms with Crippen molar-refractivity contribution in [1.29, 1.82) is 0 Å². The van der Waals surface area contributed by atoms with E-state index < -0.39 is 0 Å². The Morgan fingerprint density at radius 3 is 2.62 bits per heavy atom. The van der Waals surface area contributed by atoms with Crippen LogP contribution in [0.2, 0.25) is 0 Å². The molecular formula is C9H20N2O2. The molecule has 78 valence electrons. The first-order valence-corrected chi connectivity index (χ1v) is 4.64. The van der Waals surface area contributed by atoms with Gasteiger partial charge in [-0.1, -0.05) is 6.92 Å². The first-order chi connectivity index (χ1) is 6.13. The highest BCUT2D eigenvalue weighted by Crippen LogP contribution is 2.03. The van der Waals surface area contributed by atoms with Crippen molar-refractivity contribution in [3.05, 3.63) is 0 Å². The number of rotatable bonds is 6. The molecule has 0 spiro atoms. The van der Waals surface area contributed by atoms with Gasteiger partial charge >= 0.3 is 5.97 Å². The second-order valence-electron chi connectivity index (χ2n) is 3.20. The third-order valence-electron chi connectivity index (χ3n) is 2.17. The minimum atomic E-state index is -0.173. The molecule has 2 atom stereocenters. The van der Waals surface area contributed by atoms with Crippen molar-refractivity contribution in [2.75, 3.05) is 20.2 Å². The Kier molecular flexibility index (Phi) is 6.54. The van der Waals surface area contributed by atoms with Crippen molar-refractivity contribution >= 4 is 5.97 Å². The predicted octanol–water partition coefficient (Wildman–Crippen LogP) is 0.122. The van der Waals surface area contributed by atoms with Crippen molar-refractivity contribution in [2.24, 2.45) is 11.7 Å². The van der Waals surface area contributed by atoms with Crippen LogP contribution in [0.3, 0.4) is 0 Å². The van der Waals surface area contributed by atoms with Gasteiger partial charge < -0.3 is 15.8 Å². The van der Waals surface area contributed by atoms with Crippen molar-refractivity contribution in [1.82, 2.24) is 5.32 Å². The summed E-state index contributed by atoms with van der Waals surface area (Å²) in [6.07, 6.45) is 0.929. The molecule has 2 unspecified atom stereocenters. The maximum absolute atomic E-state index is 11.1. The van der Waals surface area contributed by atoms with E-state index in [1.54, 1.807) is 0 Å². The first kappa shape index (κ1) is 12.4. The molecule has 4 heteroatoms. The Hall–Kier alpha value is -0.610. The molecule has 4 nitrogen and oxygen atoms in total. The molecule has 0 saturated heterocycles. The number of nitrogens with one attached hydrogen (secondary N) is 1. The summed E-state index contributed by atoms with van der Waals surface area (Å²) in [6, 6.07) is 0.138. The fourth-order valence-corrected chi connectivity index (χ4v) is 0.999. The molecule has 0 rings (SSSR count). The molecule has 0 aromatic carbocycles. The number of hydrogen-bond donors (Lipinski definition) is 2. The van der Waals surface area contributed by atoms with Gasteiger partial charge in [0.25, 0.3) is 0 Å². The molecule has 0 heterocycles. The van der Waals surface area contributed by atoms with Crippen LogP contribution in [0.15, 0.2) is 0 Å². The molecule has 3 N–H and O–H groups in total. The van der Waals surface area contributed by atoms with E-state index in [-0.39, 0.29) is 17.9 Å². The minimum absolute atomic E-state index is 0.109. The van der Waals surface area contributed by atoms with E-state index in [4.69, 9.17) is 5.73 Å². The van der Waals surface area contributed by atoms with Crippen LogP contribution in [0.5, 0.6) is 0 Å². The number of carbonyl (C=O) groups is 1. The van der Waals surface area contributed by atoms with Crippen LogP contribution in [0.1, 0.15) is 20.3 Å². The third-order valence-corrected chi connectivity index (χ3v) is 2.17. The normalized spacial score (nSPS) is 15.1. The number of carbonyl (C=O) groups excluding carboxylic acids is 1. The van der Waals surface area contributed by atoms with Gasteiger partial charge in [0.2, 0.25) is 0 Å². The fourth-order valence-electron chi connectivity index (χ4n) is 0.999. The lowest BCUT2D eigenvalue weighted by Gasteiger charge is -2.18. The standard InChI is InChI=1S/C9H20N2O2/c1-7(9(12)13-3)8(2)11-6-4-5-10/h7-8,11H,4-6,10H2,1-3H3. The lowest BCUT2D eigenvalue weighted by Crippen LogP contribution is -2.37. The molecule has 0 aliphatic carbocycles. The van der Waals surface area contributed by atoms with Gasteiger partial charge in [-0.25, -0.2) is 0 Å². The maximum atomic E-state index is 11.1. The lowest BCUT2D eigenvalue weighted by molar-refractivity contribution is -0.145. The van der Waals surface area contributed by atoms with Crippen LogP contribution in [0, 0.1) is 5.92 Å². The van der Waals surface area contributed by atoms with Crippen LogP contribution in [0.4, 0.5) is 0 Å². The van der Waals surface area contributed by atoms with Crippen LogP contribution in [-0.2, 0) is 9.53 Å². The minimum Gasteiger partial charge on any atom is -0.469 e. The van der Waals surface area contributed by atoms with Crippen molar-refractivity contribution < 1.29 is 9.53 Å². The summed E-state index contributed by atoms with van der Waals surface area (Å²) in [7, 11) is 1.41. The Labute approximate surface area is 79.8 Å². The number of methoxy groups -OCH3 is 1. The smallest absolute Gasteiger partial charge is 0.309 e. The van der Waals surface area contributed by atoms with E-state index >= 15 is 0 Å². The topological polar surface area (TPSA) is 64.3 Å². The summed E-state index contributed by atoms with van der Waals surface area (Å²) >= 11 is 0. The molecule has 0 bridgehead atoms. The van der Waals surface area contributed by atoms with Gasteiger partial charge in [-0.2, -0.15) is 0 Å². The van der Waals surface area contributed by atoms with Gasteiger partial charge in [0, 0.05) is 6.04 Å². The molecular weight excluding hydrogens is 168 g/mol. The summed E-state index contributed by atoms with van der Waals surface area (Å²) < 4.78 is 4.64. The van der Waals surface area contributed by atoms with Gasteiger partial charge in [-0.15, -0.1) is 0 Å². The zero-order valence-corrected chi connectivity index (χ0v) is 8.67. The van der Waals surface area contributed by atoms with E-state index in [0.717, 1.165) is 13.0 Å². The van der Waals surface area contributed by atoms with Crippen molar-refractivity contribution in [2.45, 2.75) is 26.3 Å². The summed E-state index contributed by atoms with van der Waals surface area (Å²) in [6.45, 7) is 5.34. The second kappa shape index (κ2) is 6.86. The lowest BCUT2D eigenvalue weighted by atomic mass is 10.0. The maximum Gasteiger partial charge on any atom is 0.309 e. The molecule has 0 saturated carbocycles. The Morgan fingerprint density at radius 2 is 2.15 bits per heavy atom. The van der Waals surface area contributed by atoms with Gasteiger partial charge in [0.05, 0.1) is 13.0 Å². The van der Waals surface area contributed by atoms with Crippen LogP contribution in [0.25, 0.3) is 0 Å². The molecule has 13 heavy (non-hydrogen) atoms. The van der Waals surface area contributed by atoms with Gasteiger partial charge in [-0.05, 0) is 26.4 Å². The van der Waals surface area contributed by atoms with E-state index in [1.165, 1.54) is 7.11 Å². The summed E-state index contributed by atoms with van der Waals surface area (Å²) in [5, 5.41) is 3.22. The van der Waals surface area contributed by atoms with E-state index in [2.05, 4.69) is 10.1 Å². The van der Waals surface area contributed by atoms with Crippen LogP contribution in [-0.4, -0.2) is 32.2 Å². The third kappa shape index (κ3) is 4.85. The Balaban J connectivity index is 3.68. The Morgan fingerprint density at radius 1 is 1.54 bits per heavy atom. The van der Waals surface area contributed by atoms with Crippen LogP contribution >= 0.6 is 0 Å². The first-order valence-electron chi connectivity index (χ1n) is 4.64. The zero-order chi connectivity index (χ0) is 10.3. The van der Waals surface area contributed by atoms with Gasteiger partial charge in [0.15, 0.2) is 0 Å². The average Bonchev–Trinajstić information content (AvgIpc) is 2.15. The monoisotopic (exact) mass is 188 g/mol. The van der Waals surface area contributed by atoms with Gasteiger partial charge in [-0.3, -0.25) is 4.79 Å². The number of esters is 1. The summed E-state index contributed by atoms with van der Waals surface area (Å²) in [5.41, 5.74) is 5.35. The van der Waals surface area contributed by atoms with E-state index in [9.17, 15) is 4.79 Å². The zero-order valence-electron chi connectivity index (χ0n) is 8.67. The molecule has 0 aromatic rings. The number of hydrogen-bond acceptors (Lipinski definition) is 4. The molecule has 0 aliphatic rings. The number of nitrogens with two attached hydrogens (primary N) is 1. The highest BCUT2D eigenvalue weighted by Gasteiger charge is 2.19. The molecule has 0 aromatic heterocycles. The van der Waals surface area contributed by atoms with Crippen LogP contribution < -0.4 is 11.1 Å². The largest absolute Gasteiger partial charge is 0.469 e. The molecule has 0 aliphatic heterocycles. The van der Waals surface area contributed by atoms with Crippen molar-refractivity contribution in [3.63, 3.8) is 0 Å². The molecule has 0 fully saturated rings. The second-order valence-corrected chi connectivity index (χ2v) is 3.20. The van der Waals surface area contributed by atoms with Gasteiger partial charge in [0.1, 0.15) is 0 Å². The molecule has 0 amide bonds. The predicted molar refractivity (Wildman–Crippen MR) is 52.3 cm³/mol. The SMILES string of the molecule is COC(=O)C(C)C(C)NCCCN. The summed E-state index contributed by atoms with van der Waals surface area (Å²) in [5.74, 6) is -0.282. The highest BCUT2D eigenvalue weighted by atomic mass is 16.5. The Bertz CT molecular complexity index is 151. The molecule has 0 radical (unpaired) electrons. The summed E-state index contributed by atoms with van der Waals surface area (Å²) in [4.78, 5) is 11.1.